The molecule has 1 aromatic carbocycles. The number of piperidine rings is 1. The van der Waals surface area contributed by atoms with Crippen LogP contribution in [-0.4, -0.2) is 29.6 Å². The number of hydrogen-bond donors (Lipinski definition) is 1. The fourth-order valence-corrected chi connectivity index (χ4v) is 3.10. The summed E-state index contributed by atoms with van der Waals surface area (Å²) in [6.45, 7) is 11.4. The monoisotopic (exact) mass is 274 g/mol. The third-order valence-corrected chi connectivity index (χ3v) is 4.32. The smallest absolute Gasteiger partial charge is 0.0323 e. The van der Waals surface area contributed by atoms with Crippen LogP contribution in [0.15, 0.2) is 30.3 Å². The van der Waals surface area contributed by atoms with Gasteiger partial charge in [-0.1, -0.05) is 36.8 Å². The molecule has 2 unspecified atom stereocenters. The van der Waals surface area contributed by atoms with Crippen molar-refractivity contribution >= 4 is 0 Å². The summed E-state index contributed by atoms with van der Waals surface area (Å²) in [4.78, 5) is 2.69. The Balaban J connectivity index is 2.03. The van der Waals surface area contributed by atoms with Crippen LogP contribution in [0.25, 0.3) is 0 Å². The first-order valence-corrected chi connectivity index (χ1v) is 8.03. The molecule has 0 spiro atoms. The van der Waals surface area contributed by atoms with Crippen LogP contribution in [0.3, 0.4) is 0 Å². The fourth-order valence-electron chi connectivity index (χ4n) is 3.10. The predicted molar refractivity (Wildman–Crippen MR) is 87.0 cm³/mol. The molecule has 0 radical (unpaired) electrons. The van der Waals surface area contributed by atoms with E-state index in [1.54, 1.807) is 0 Å². The zero-order valence-electron chi connectivity index (χ0n) is 13.5. The van der Waals surface area contributed by atoms with Gasteiger partial charge in [0.2, 0.25) is 0 Å². The highest BCUT2D eigenvalue weighted by molar-refractivity contribution is 5.18. The lowest BCUT2D eigenvalue weighted by Crippen LogP contribution is -2.50. The number of rotatable bonds is 4. The molecule has 1 saturated heterocycles. The first-order valence-electron chi connectivity index (χ1n) is 8.03. The van der Waals surface area contributed by atoms with E-state index in [9.17, 15) is 0 Å². The average molecular weight is 274 g/mol. The number of nitrogens with one attached hydrogen (secondary N) is 1. The normalized spacial score (nSPS) is 22.7. The van der Waals surface area contributed by atoms with Crippen molar-refractivity contribution in [2.24, 2.45) is 0 Å². The van der Waals surface area contributed by atoms with Crippen molar-refractivity contribution in [1.82, 2.24) is 10.2 Å². The number of benzene rings is 1. The lowest BCUT2D eigenvalue weighted by atomic mass is 9.96. The Morgan fingerprint density at radius 1 is 1.20 bits per heavy atom. The standard InChI is InChI=1S/C18H30N2/c1-15(16-10-6-5-7-11-16)20-13-9-8-12-17(20)14-19-18(2,3)4/h5-7,10-11,15,17,19H,8-9,12-14H2,1-4H3. The summed E-state index contributed by atoms with van der Waals surface area (Å²) in [5.74, 6) is 0. The van der Waals surface area contributed by atoms with Crippen molar-refractivity contribution in [3.05, 3.63) is 35.9 Å². The van der Waals surface area contributed by atoms with E-state index in [0.29, 0.717) is 12.1 Å². The minimum absolute atomic E-state index is 0.207. The van der Waals surface area contributed by atoms with E-state index < -0.39 is 0 Å². The molecule has 2 atom stereocenters. The molecular weight excluding hydrogens is 244 g/mol. The van der Waals surface area contributed by atoms with Crippen molar-refractivity contribution in [2.75, 3.05) is 13.1 Å². The molecule has 0 amide bonds. The molecular formula is C18H30N2. The average Bonchev–Trinajstić information content (AvgIpc) is 2.45. The molecule has 20 heavy (non-hydrogen) atoms. The third kappa shape index (κ3) is 4.32. The van der Waals surface area contributed by atoms with Gasteiger partial charge in [0.15, 0.2) is 0 Å². The minimum atomic E-state index is 0.207. The molecule has 1 aliphatic rings. The molecule has 1 aromatic rings. The van der Waals surface area contributed by atoms with Crippen LogP contribution < -0.4 is 5.32 Å². The van der Waals surface area contributed by atoms with Crippen molar-refractivity contribution in [3.63, 3.8) is 0 Å². The van der Waals surface area contributed by atoms with E-state index in [1.807, 2.05) is 0 Å². The van der Waals surface area contributed by atoms with Crippen LogP contribution in [0.1, 0.15) is 58.6 Å². The van der Waals surface area contributed by atoms with Gasteiger partial charge in [-0.05, 0) is 52.6 Å². The van der Waals surface area contributed by atoms with Crippen molar-refractivity contribution in [3.8, 4) is 0 Å². The van der Waals surface area contributed by atoms with Crippen LogP contribution in [0.5, 0.6) is 0 Å². The Bertz CT molecular complexity index is 394. The van der Waals surface area contributed by atoms with E-state index >= 15 is 0 Å². The third-order valence-electron chi connectivity index (χ3n) is 4.32. The molecule has 0 aliphatic carbocycles. The van der Waals surface area contributed by atoms with E-state index in [1.165, 1.54) is 31.4 Å². The van der Waals surface area contributed by atoms with E-state index in [4.69, 9.17) is 0 Å². The highest BCUT2D eigenvalue weighted by Crippen LogP contribution is 2.28. The van der Waals surface area contributed by atoms with Gasteiger partial charge in [-0.25, -0.2) is 0 Å². The molecule has 1 fully saturated rings. The lowest BCUT2D eigenvalue weighted by molar-refractivity contribution is 0.0970. The van der Waals surface area contributed by atoms with Crippen LogP contribution in [0.2, 0.25) is 0 Å². The van der Waals surface area contributed by atoms with Crippen molar-refractivity contribution < 1.29 is 0 Å². The van der Waals surface area contributed by atoms with Gasteiger partial charge in [-0.3, -0.25) is 4.90 Å². The SMILES string of the molecule is CC(c1ccccc1)N1CCCCC1CNC(C)(C)C. The van der Waals surface area contributed by atoms with Crippen molar-refractivity contribution in [2.45, 2.75) is 64.6 Å². The molecule has 0 aromatic heterocycles. The Hall–Kier alpha value is -0.860. The highest BCUT2D eigenvalue weighted by Gasteiger charge is 2.27. The van der Waals surface area contributed by atoms with Gasteiger partial charge >= 0.3 is 0 Å². The maximum absolute atomic E-state index is 3.69. The summed E-state index contributed by atoms with van der Waals surface area (Å²) in [6, 6.07) is 12.1. The van der Waals surface area contributed by atoms with Gasteiger partial charge in [0.1, 0.15) is 0 Å². The quantitative estimate of drug-likeness (QED) is 0.893. The van der Waals surface area contributed by atoms with Gasteiger partial charge in [0, 0.05) is 24.2 Å². The second-order valence-corrected chi connectivity index (χ2v) is 7.10. The Kier molecular flexibility index (Phi) is 5.22. The Morgan fingerprint density at radius 3 is 2.55 bits per heavy atom. The van der Waals surface area contributed by atoms with Gasteiger partial charge in [0.25, 0.3) is 0 Å². The molecule has 2 rings (SSSR count). The maximum Gasteiger partial charge on any atom is 0.0323 e. The van der Waals surface area contributed by atoms with Gasteiger partial charge in [-0.15, -0.1) is 0 Å². The van der Waals surface area contributed by atoms with Crippen LogP contribution in [0, 0.1) is 0 Å². The van der Waals surface area contributed by atoms with Crippen LogP contribution in [0.4, 0.5) is 0 Å². The number of nitrogens with zero attached hydrogens (tertiary/aromatic N) is 1. The topological polar surface area (TPSA) is 15.3 Å². The zero-order chi connectivity index (χ0) is 14.6. The van der Waals surface area contributed by atoms with Gasteiger partial charge in [0.05, 0.1) is 0 Å². The molecule has 1 heterocycles. The number of likely N-dealkylation sites (tertiary alicyclic amines) is 1. The number of hydrogen-bond acceptors (Lipinski definition) is 2. The molecule has 2 nitrogen and oxygen atoms in total. The molecule has 1 aliphatic heterocycles. The lowest BCUT2D eigenvalue weighted by Gasteiger charge is -2.41. The van der Waals surface area contributed by atoms with Crippen LogP contribution in [-0.2, 0) is 0 Å². The largest absolute Gasteiger partial charge is 0.311 e. The second-order valence-electron chi connectivity index (χ2n) is 7.10. The molecule has 0 bridgehead atoms. The van der Waals surface area contributed by atoms with Crippen molar-refractivity contribution in [1.29, 1.82) is 0 Å². The first-order chi connectivity index (χ1) is 9.47. The molecule has 112 valence electrons. The zero-order valence-corrected chi connectivity index (χ0v) is 13.5. The molecule has 2 heteroatoms. The summed E-state index contributed by atoms with van der Waals surface area (Å²) in [6.07, 6.45) is 4.03. The van der Waals surface area contributed by atoms with E-state index in [-0.39, 0.29) is 5.54 Å². The van der Waals surface area contributed by atoms with Gasteiger partial charge in [-0.2, -0.15) is 0 Å². The predicted octanol–water partition coefficient (Wildman–Crippen LogP) is 3.99. The summed E-state index contributed by atoms with van der Waals surface area (Å²) in [5, 5.41) is 3.69. The minimum Gasteiger partial charge on any atom is -0.311 e. The molecule has 1 N–H and O–H groups in total. The fraction of sp³-hybridized carbons (Fsp3) is 0.667. The summed E-state index contributed by atoms with van der Waals surface area (Å²) in [5.41, 5.74) is 1.65. The maximum atomic E-state index is 3.69. The summed E-state index contributed by atoms with van der Waals surface area (Å²) in [7, 11) is 0. The summed E-state index contributed by atoms with van der Waals surface area (Å²) >= 11 is 0. The van der Waals surface area contributed by atoms with Gasteiger partial charge < -0.3 is 5.32 Å². The second kappa shape index (κ2) is 6.73. The van der Waals surface area contributed by atoms with Crippen LogP contribution >= 0.6 is 0 Å². The molecule has 0 saturated carbocycles. The Labute approximate surface area is 124 Å². The summed E-state index contributed by atoms with van der Waals surface area (Å²) < 4.78 is 0. The first kappa shape index (κ1) is 15.5. The highest BCUT2D eigenvalue weighted by atomic mass is 15.2. The van der Waals surface area contributed by atoms with E-state index in [2.05, 4.69) is 68.2 Å². The Morgan fingerprint density at radius 2 is 1.90 bits per heavy atom. The van der Waals surface area contributed by atoms with E-state index in [0.717, 1.165) is 6.54 Å².